The molecular formula is C15H23NO. The number of ether oxygens (including phenoxy) is 1. The van der Waals surface area contributed by atoms with Gasteiger partial charge in [-0.2, -0.15) is 0 Å². The van der Waals surface area contributed by atoms with Crippen molar-refractivity contribution in [2.24, 2.45) is 0 Å². The van der Waals surface area contributed by atoms with Gasteiger partial charge in [-0.25, -0.2) is 0 Å². The van der Waals surface area contributed by atoms with Gasteiger partial charge in [-0.3, -0.25) is 0 Å². The Morgan fingerprint density at radius 2 is 2.18 bits per heavy atom. The lowest BCUT2D eigenvalue weighted by molar-refractivity contribution is 0.316. The van der Waals surface area contributed by atoms with E-state index in [9.17, 15) is 0 Å². The maximum absolute atomic E-state index is 5.68. The fourth-order valence-corrected chi connectivity index (χ4v) is 2.62. The first kappa shape index (κ1) is 12.4. The molecule has 2 atom stereocenters. The van der Waals surface area contributed by atoms with Crippen LogP contribution >= 0.6 is 0 Å². The van der Waals surface area contributed by atoms with Gasteiger partial charge in [-0.05, 0) is 42.0 Å². The second kappa shape index (κ2) is 5.54. The highest BCUT2D eigenvalue weighted by molar-refractivity contribution is 5.39. The molecule has 94 valence electrons. The zero-order valence-corrected chi connectivity index (χ0v) is 11.1. The van der Waals surface area contributed by atoms with Crippen LogP contribution < -0.4 is 10.1 Å². The zero-order chi connectivity index (χ0) is 12.3. The predicted molar refractivity (Wildman–Crippen MR) is 71.6 cm³/mol. The van der Waals surface area contributed by atoms with Gasteiger partial charge in [0.1, 0.15) is 5.75 Å². The van der Waals surface area contributed by atoms with E-state index in [1.165, 1.54) is 17.5 Å². The third-order valence-electron chi connectivity index (χ3n) is 3.68. The minimum atomic E-state index is 0.601. The zero-order valence-electron chi connectivity index (χ0n) is 11.1. The molecule has 1 aromatic rings. The minimum Gasteiger partial charge on any atom is -0.494 e. The van der Waals surface area contributed by atoms with Crippen molar-refractivity contribution in [1.29, 1.82) is 0 Å². The summed E-state index contributed by atoms with van der Waals surface area (Å²) in [5.74, 6) is 1.61. The lowest BCUT2D eigenvalue weighted by Crippen LogP contribution is -2.37. The van der Waals surface area contributed by atoms with E-state index < -0.39 is 0 Å². The number of fused-ring (bicyclic) bond motifs is 1. The van der Waals surface area contributed by atoms with Crippen LogP contribution in [0.3, 0.4) is 0 Å². The normalized spacial score (nSPS) is 23.2. The molecular weight excluding hydrogens is 210 g/mol. The Kier molecular flexibility index (Phi) is 4.06. The molecule has 0 saturated heterocycles. The van der Waals surface area contributed by atoms with Crippen LogP contribution in [-0.2, 0) is 6.54 Å². The van der Waals surface area contributed by atoms with Gasteiger partial charge in [0.15, 0.2) is 0 Å². The Morgan fingerprint density at radius 3 is 2.88 bits per heavy atom. The molecule has 17 heavy (non-hydrogen) atoms. The van der Waals surface area contributed by atoms with E-state index in [0.29, 0.717) is 12.0 Å². The molecule has 1 aromatic carbocycles. The quantitative estimate of drug-likeness (QED) is 0.860. The number of hydrogen-bond acceptors (Lipinski definition) is 2. The molecule has 1 aliphatic heterocycles. The van der Waals surface area contributed by atoms with Crippen molar-refractivity contribution in [1.82, 2.24) is 5.32 Å². The summed E-state index contributed by atoms with van der Waals surface area (Å²) in [4.78, 5) is 0. The van der Waals surface area contributed by atoms with Gasteiger partial charge >= 0.3 is 0 Å². The molecule has 0 amide bonds. The highest BCUT2D eigenvalue weighted by atomic mass is 16.5. The molecule has 0 spiro atoms. The van der Waals surface area contributed by atoms with Crippen LogP contribution in [0.15, 0.2) is 18.2 Å². The van der Waals surface area contributed by atoms with Gasteiger partial charge in [0.25, 0.3) is 0 Å². The summed E-state index contributed by atoms with van der Waals surface area (Å²) in [7, 11) is 0. The molecule has 0 fully saturated rings. The van der Waals surface area contributed by atoms with E-state index in [2.05, 4.69) is 44.3 Å². The van der Waals surface area contributed by atoms with Crippen molar-refractivity contribution in [2.45, 2.75) is 52.1 Å². The van der Waals surface area contributed by atoms with E-state index in [0.717, 1.165) is 25.3 Å². The van der Waals surface area contributed by atoms with Gasteiger partial charge in [-0.1, -0.05) is 26.8 Å². The highest BCUT2D eigenvalue weighted by Gasteiger charge is 2.24. The van der Waals surface area contributed by atoms with Crippen LogP contribution in [-0.4, -0.2) is 12.6 Å². The summed E-state index contributed by atoms with van der Waals surface area (Å²) in [6, 6.07) is 7.17. The Labute approximate surface area is 104 Å². The van der Waals surface area contributed by atoms with Gasteiger partial charge in [-0.15, -0.1) is 0 Å². The van der Waals surface area contributed by atoms with E-state index >= 15 is 0 Å². The summed E-state index contributed by atoms with van der Waals surface area (Å²) in [6.45, 7) is 8.47. The molecule has 2 heteroatoms. The minimum absolute atomic E-state index is 0.601. The number of hydrogen-bond donors (Lipinski definition) is 1. The Morgan fingerprint density at radius 1 is 1.35 bits per heavy atom. The molecule has 1 heterocycles. The molecule has 0 radical (unpaired) electrons. The van der Waals surface area contributed by atoms with Crippen LogP contribution in [0, 0.1) is 0 Å². The third kappa shape index (κ3) is 2.63. The SMILES string of the molecule is CCCOc1ccc2c(c1)CNC(CC)C2C. The van der Waals surface area contributed by atoms with Crippen molar-refractivity contribution in [3.8, 4) is 5.75 Å². The second-order valence-corrected chi connectivity index (χ2v) is 4.89. The van der Waals surface area contributed by atoms with Crippen molar-refractivity contribution in [2.75, 3.05) is 6.61 Å². The maximum Gasteiger partial charge on any atom is 0.119 e. The summed E-state index contributed by atoms with van der Waals surface area (Å²) in [5.41, 5.74) is 2.88. The van der Waals surface area contributed by atoms with Crippen LogP contribution in [0.4, 0.5) is 0 Å². The maximum atomic E-state index is 5.68. The van der Waals surface area contributed by atoms with Crippen molar-refractivity contribution < 1.29 is 4.74 Å². The Balaban J connectivity index is 2.17. The molecule has 0 aromatic heterocycles. The summed E-state index contributed by atoms with van der Waals surface area (Å²) in [5, 5.41) is 3.60. The summed E-state index contributed by atoms with van der Waals surface area (Å²) < 4.78 is 5.68. The summed E-state index contributed by atoms with van der Waals surface area (Å²) in [6.07, 6.45) is 2.25. The van der Waals surface area contributed by atoms with Crippen molar-refractivity contribution >= 4 is 0 Å². The number of nitrogens with one attached hydrogen (secondary N) is 1. The van der Waals surface area contributed by atoms with Crippen molar-refractivity contribution in [3.05, 3.63) is 29.3 Å². The standard InChI is InChI=1S/C15H23NO/c1-4-8-17-13-6-7-14-11(3)15(5-2)16-10-12(14)9-13/h6-7,9,11,15-16H,4-5,8,10H2,1-3H3. The first-order chi connectivity index (χ1) is 8.26. The average molecular weight is 233 g/mol. The molecule has 1 N–H and O–H groups in total. The summed E-state index contributed by atoms with van der Waals surface area (Å²) >= 11 is 0. The predicted octanol–water partition coefficient (Wildman–Crippen LogP) is 3.46. The van der Waals surface area contributed by atoms with Crippen LogP contribution in [0.1, 0.15) is 50.7 Å². The van der Waals surface area contributed by atoms with Gasteiger partial charge in [0.2, 0.25) is 0 Å². The Hall–Kier alpha value is -1.02. The first-order valence-corrected chi connectivity index (χ1v) is 6.75. The van der Waals surface area contributed by atoms with Crippen LogP contribution in [0.2, 0.25) is 0 Å². The molecule has 2 nitrogen and oxygen atoms in total. The largest absolute Gasteiger partial charge is 0.494 e. The highest BCUT2D eigenvalue weighted by Crippen LogP contribution is 2.31. The Bertz CT molecular complexity index is 375. The van der Waals surface area contributed by atoms with E-state index in [4.69, 9.17) is 4.74 Å². The van der Waals surface area contributed by atoms with E-state index in [1.807, 2.05) is 0 Å². The first-order valence-electron chi connectivity index (χ1n) is 6.75. The molecule has 2 unspecified atom stereocenters. The fourth-order valence-electron chi connectivity index (χ4n) is 2.62. The van der Waals surface area contributed by atoms with Crippen molar-refractivity contribution in [3.63, 3.8) is 0 Å². The van der Waals surface area contributed by atoms with Crippen LogP contribution in [0.25, 0.3) is 0 Å². The van der Waals surface area contributed by atoms with Gasteiger partial charge < -0.3 is 10.1 Å². The van der Waals surface area contributed by atoms with E-state index in [1.54, 1.807) is 0 Å². The third-order valence-corrected chi connectivity index (χ3v) is 3.68. The lowest BCUT2D eigenvalue weighted by atomic mass is 9.85. The molecule has 2 rings (SSSR count). The average Bonchev–Trinajstić information content (AvgIpc) is 2.37. The number of benzene rings is 1. The molecule has 0 aliphatic carbocycles. The molecule has 0 bridgehead atoms. The number of rotatable bonds is 4. The lowest BCUT2D eigenvalue weighted by Gasteiger charge is -2.32. The topological polar surface area (TPSA) is 21.3 Å². The van der Waals surface area contributed by atoms with E-state index in [-0.39, 0.29) is 0 Å². The molecule has 1 aliphatic rings. The van der Waals surface area contributed by atoms with Gasteiger partial charge in [0.05, 0.1) is 6.61 Å². The monoisotopic (exact) mass is 233 g/mol. The second-order valence-electron chi connectivity index (χ2n) is 4.89. The molecule has 0 saturated carbocycles. The smallest absolute Gasteiger partial charge is 0.119 e. The fraction of sp³-hybridized carbons (Fsp3) is 0.600. The van der Waals surface area contributed by atoms with Gasteiger partial charge in [0, 0.05) is 12.6 Å². The van der Waals surface area contributed by atoms with Crippen LogP contribution in [0.5, 0.6) is 5.75 Å².